The number of benzene rings is 1. The van der Waals surface area contributed by atoms with Crippen LogP contribution in [0.4, 0.5) is 0 Å². The van der Waals surface area contributed by atoms with Gasteiger partial charge in [0.2, 0.25) is 0 Å². The average Bonchev–Trinajstić information content (AvgIpc) is 2.77. The summed E-state index contributed by atoms with van der Waals surface area (Å²) < 4.78 is 0. The Morgan fingerprint density at radius 3 is 2.33 bits per heavy atom. The highest BCUT2D eigenvalue weighted by molar-refractivity contribution is 5.74. The van der Waals surface area contributed by atoms with Gasteiger partial charge in [0.25, 0.3) is 0 Å². The maximum atomic E-state index is 8.74. The molecule has 0 saturated heterocycles. The largest absolute Gasteiger partial charge is 0.388 e. The minimum atomic E-state index is -0.0331. The van der Waals surface area contributed by atoms with E-state index in [0.29, 0.717) is 5.82 Å². The number of fused-ring (bicyclic) bond motifs is 1. The number of H-pyrrole nitrogens is 1. The molecule has 0 atom stereocenters. The number of nitrogens with one attached hydrogen (secondary N) is 1. The molecule has 1 heterocycles. The Hall–Kier alpha value is -1.35. The number of hydrogen-bond acceptors (Lipinski definition) is 2. The molecule has 15 heavy (non-hydrogen) atoms. The van der Waals surface area contributed by atoms with Gasteiger partial charge in [-0.3, -0.25) is 0 Å². The van der Waals surface area contributed by atoms with Gasteiger partial charge in [-0.15, -0.1) is 0 Å². The summed E-state index contributed by atoms with van der Waals surface area (Å²) in [4.78, 5) is 7.11. The number of rotatable bonds is 1. The van der Waals surface area contributed by atoms with Crippen molar-refractivity contribution < 1.29 is 6.53 Å². The number of aromatic nitrogens is 2. The van der Waals surface area contributed by atoms with Crippen LogP contribution in [0.15, 0.2) is 24.3 Å². The normalized spacial score (nSPS) is 8.60. The molecular weight excluding hydrogens is 188 g/mol. The third-order valence-electron chi connectivity index (χ3n) is 1.59. The van der Waals surface area contributed by atoms with Crippen molar-refractivity contribution in [3.05, 3.63) is 30.1 Å². The predicted molar refractivity (Wildman–Crippen MR) is 66.8 cm³/mol. The maximum Gasteiger partial charge on any atom is 0.133 e. The molecule has 0 aliphatic heterocycles. The van der Waals surface area contributed by atoms with Gasteiger partial charge in [0.1, 0.15) is 12.4 Å². The number of hydrogen-bond donors (Lipinski definition) is 2. The van der Waals surface area contributed by atoms with Crippen LogP contribution in [0.25, 0.3) is 11.0 Å². The highest BCUT2D eigenvalue weighted by Crippen LogP contribution is 2.09. The van der Waals surface area contributed by atoms with Crippen LogP contribution in [-0.2, 0) is 6.61 Å². The monoisotopic (exact) mass is 210 g/mol. The van der Waals surface area contributed by atoms with Crippen molar-refractivity contribution in [2.24, 2.45) is 0 Å². The number of nitrogens with zero attached hydrogens (tertiary/aromatic N) is 1. The molecule has 0 fully saturated rings. The van der Waals surface area contributed by atoms with Crippen LogP contribution in [-0.4, -0.2) is 15.1 Å². The zero-order valence-corrected chi connectivity index (χ0v) is 9.91. The van der Waals surface area contributed by atoms with Crippen molar-refractivity contribution in [3.63, 3.8) is 0 Å². The number of aromatic amines is 1. The van der Waals surface area contributed by atoms with Crippen molar-refractivity contribution in [1.82, 2.24) is 9.97 Å². The van der Waals surface area contributed by atoms with E-state index in [2.05, 4.69) is 9.97 Å². The molecule has 0 unspecified atom stereocenters. The zero-order valence-electron chi connectivity index (χ0n) is 9.91. The minimum Gasteiger partial charge on any atom is -0.388 e. The first-order chi connectivity index (χ1) is 7.40. The third-order valence-corrected chi connectivity index (χ3v) is 1.59. The van der Waals surface area contributed by atoms with Gasteiger partial charge in [-0.2, -0.15) is 0 Å². The summed E-state index contributed by atoms with van der Waals surface area (Å²) in [5, 5.41) is 8.74. The first-order valence-electron chi connectivity index (χ1n) is 5.44. The minimum absolute atomic E-state index is 0. The van der Waals surface area contributed by atoms with Crippen LogP contribution < -0.4 is 0 Å². The molecule has 2 N–H and O–H groups in total. The smallest absolute Gasteiger partial charge is 0.133 e. The van der Waals surface area contributed by atoms with Crippen LogP contribution in [0.5, 0.6) is 0 Å². The Bertz CT molecular complexity index is 341. The molecule has 1 aromatic carbocycles. The Labute approximate surface area is 92.7 Å². The number of imidazole rings is 1. The second-order valence-corrected chi connectivity index (χ2v) is 2.36. The first-order valence-corrected chi connectivity index (χ1v) is 5.44. The van der Waals surface area contributed by atoms with Crippen LogP contribution in [0.3, 0.4) is 0 Å². The molecule has 0 aliphatic carbocycles. The summed E-state index contributed by atoms with van der Waals surface area (Å²) in [5.41, 5.74) is 1.87. The lowest BCUT2D eigenvalue weighted by Gasteiger charge is -1.82. The van der Waals surface area contributed by atoms with Crippen LogP contribution in [0, 0.1) is 0 Å². The van der Waals surface area contributed by atoms with Gasteiger partial charge >= 0.3 is 0 Å². The topological polar surface area (TPSA) is 48.9 Å². The Balaban J connectivity index is 0. The lowest BCUT2D eigenvalue weighted by molar-refractivity contribution is 0.273. The van der Waals surface area contributed by atoms with Gasteiger partial charge in [-0.1, -0.05) is 39.8 Å². The summed E-state index contributed by atoms with van der Waals surface area (Å²) in [7, 11) is 0. The molecule has 3 nitrogen and oxygen atoms in total. The van der Waals surface area contributed by atoms with Crippen LogP contribution in [0.1, 0.15) is 34.9 Å². The van der Waals surface area contributed by atoms with Gasteiger partial charge in [0, 0.05) is 1.43 Å². The molecule has 0 amide bonds. The molecule has 0 spiro atoms. The molecule has 1 aromatic heterocycles. The Kier molecular flexibility index (Phi) is 7.28. The fourth-order valence-electron chi connectivity index (χ4n) is 1.08. The lowest BCUT2D eigenvalue weighted by atomic mass is 10.3. The van der Waals surface area contributed by atoms with E-state index >= 15 is 0 Å². The number of aliphatic hydroxyl groups is 1. The van der Waals surface area contributed by atoms with Gasteiger partial charge in [-0.25, -0.2) is 4.98 Å². The molecule has 0 saturated carbocycles. The fraction of sp³-hybridized carbons (Fsp3) is 0.417. The molecule has 0 radical (unpaired) electrons. The molecule has 2 aromatic rings. The summed E-state index contributed by atoms with van der Waals surface area (Å²) in [5.74, 6) is 0.617. The summed E-state index contributed by atoms with van der Waals surface area (Å²) in [6, 6.07) is 7.69. The maximum absolute atomic E-state index is 8.74. The van der Waals surface area contributed by atoms with Gasteiger partial charge in [-0.05, 0) is 12.1 Å². The third kappa shape index (κ3) is 3.72. The van der Waals surface area contributed by atoms with Crippen molar-refractivity contribution in [3.8, 4) is 0 Å². The molecular formula is C12H22N2O. The number of aliphatic hydroxyl groups excluding tert-OH is 1. The molecule has 0 bridgehead atoms. The lowest BCUT2D eigenvalue weighted by Crippen LogP contribution is -1.83. The van der Waals surface area contributed by atoms with Gasteiger partial charge in [0.05, 0.1) is 11.0 Å². The van der Waals surface area contributed by atoms with E-state index in [9.17, 15) is 0 Å². The van der Waals surface area contributed by atoms with Crippen molar-refractivity contribution >= 4 is 11.0 Å². The van der Waals surface area contributed by atoms with E-state index in [4.69, 9.17) is 5.11 Å². The molecule has 0 aliphatic rings. The van der Waals surface area contributed by atoms with Gasteiger partial charge in [0.15, 0.2) is 0 Å². The first kappa shape index (κ1) is 13.7. The molecule has 2 rings (SSSR count). The molecule has 86 valence electrons. The van der Waals surface area contributed by atoms with E-state index in [-0.39, 0.29) is 8.03 Å². The van der Waals surface area contributed by atoms with E-state index in [1.165, 1.54) is 0 Å². The molecule has 3 heteroatoms. The number of para-hydroxylation sites is 2. The predicted octanol–water partition coefficient (Wildman–Crippen LogP) is 3.35. The summed E-state index contributed by atoms with van der Waals surface area (Å²) >= 11 is 0. The van der Waals surface area contributed by atoms with Gasteiger partial charge < -0.3 is 10.1 Å². The highest BCUT2D eigenvalue weighted by atomic mass is 16.3. The highest BCUT2D eigenvalue weighted by Gasteiger charge is 1.97. The van der Waals surface area contributed by atoms with E-state index < -0.39 is 0 Å². The Morgan fingerprint density at radius 1 is 1.20 bits per heavy atom. The van der Waals surface area contributed by atoms with E-state index in [1.54, 1.807) is 0 Å². The fourth-order valence-corrected chi connectivity index (χ4v) is 1.08. The van der Waals surface area contributed by atoms with Crippen molar-refractivity contribution in [1.29, 1.82) is 0 Å². The average molecular weight is 210 g/mol. The SMILES string of the molecule is CC.CC.OCc1nc2ccccc2[nH]1.[HH]. The summed E-state index contributed by atoms with van der Waals surface area (Å²) in [6.07, 6.45) is 0. The van der Waals surface area contributed by atoms with Crippen LogP contribution in [0.2, 0.25) is 0 Å². The van der Waals surface area contributed by atoms with E-state index in [1.807, 2.05) is 52.0 Å². The van der Waals surface area contributed by atoms with E-state index in [0.717, 1.165) is 11.0 Å². The van der Waals surface area contributed by atoms with Crippen molar-refractivity contribution in [2.75, 3.05) is 0 Å². The standard InChI is InChI=1S/C8H8N2O.2C2H6.H2/c11-5-8-9-6-3-1-2-4-7(6)10-8;2*1-2;/h1-4,11H,5H2,(H,9,10);2*1-2H3;1H. The van der Waals surface area contributed by atoms with Crippen molar-refractivity contribution in [2.45, 2.75) is 34.3 Å². The second kappa shape index (κ2) is 8.00. The zero-order chi connectivity index (χ0) is 11.7. The second-order valence-electron chi connectivity index (χ2n) is 2.36. The quantitative estimate of drug-likeness (QED) is 0.758. The summed E-state index contributed by atoms with van der Waals surface area (Å²) in [6.45, 7) is 7.97. The Morgan fingerprint density at radius 2 is 1.80 bits per heavy atom. The van der Waals surface area contributed by atoms with Crippen LogP contribution >= 0.6 is 0 Å².